The standard InChI is InChI=1S/C28H38O7/c1-7-31-18-11-8-15-12-24(3,4)19-21(30)28-27-17(26(19,13-32-28)22(15)33-18)10-9-16(14(2)20(27)29)23(27)34-25(5,6)35-28/h16-19,21,23,30H,2,7-13H2,1,3-6H3/t16-,17-,18-,19+,21-,23?,26-,27-,28?/m0/s1. The highest BCUT2D eigenvalue weighted by atomic mass is 16.8. The summed E-state index contributed by atoms with van der Waals surface area (Å²) in [5.41, 5.74) is -0.134. The first-order valence-electron chi connectivity index (χ1n) is 13.4. The van der Waals surface area contributed by atoms with Crippen molar-refractivity contribution in [2.45, 2.75) is 96.8 Å². The number of carbonyl (C=O) groups is 1. The van der Waals surface area contributed by atoms with Gasteiger partial charge in [-0.2, -0.15) is 0 Å². The Kier molecular flexibility index (Phi) is 4.32. The molecule has 0 amide bonds. The summed E-state index contributed by atoms with van der Waals surface area (Å²) in [6, 6.07) is 0. The fourth-order valence-electron chi connectivity index (χ4n) is 9.95. The first-order valence-corrected chi connectivity index (χ1v) is 13.4. The summed E-state index contributed by atoms with van der Waals surface area (Å²) in [4.78, 5) is 14.3. The van der Waals surface area contributed by atoms with Gasteiger partial charge in [0.05, 0.1) is 18.1 Å². The minimum absolute atomic E-state index is 0.0511. The van der Waals surface area contributed by atoms with Crippen LogP contribution in [0.5, 0.6) is 0 Å². The Labute approximate surface area is 207 Å². The molecule has 8 aliphatic rings. The quantitative estimate of drug-likeness (QED) is 0.594. The highest BCUT2D eigenvalue weighted by Gasteiger charge is 2.90. The van der Waals surface area contributed by atoms with Crippen LogP contribution in [-0.4, -0.2) is 54.2 Å². The predicted molar refractivity (Wildman–Crippen MR) is 125 cm³/mol. The third-order valence-corrected chi connectivity index (χ3v) is 10.6. The zero-order valence-corrected chi connectivity index (χ0v) is 21.5. The fraction of sp³-hybridized carbons (Fsp3) is 0.821. The third kappa shape index (κ3) is 2.31. The molecule has 4 heterocycles. The van der Waals surface area contributed by atoms with Gasteiger partial charge in [-0.3, -0.25) is 4.79 Å². The van der Waals surface area contributed by atoms with Crippen LogP contribution in [0.4, 0.5) is 0 Å². The first kappa shape index (κ1) is 22.9. The van der Waals surface area contributed by atoms with E-state index in [0.717, 1.165) is 37.9 Å². The smallest absolute Gasteiger partial charge is 0.213 e. The van der Waals surface area contributed by atoms with Crippen molar-refractivity contribution in [3.63, 3.8) is 0 Å². The van der Waals surface area contributed by atoms with Gasteiger partial charge in [0.25, 0.3) is 0 Å². The maximum absolute atomic E-state index is 14.3. The molecule has 192 valence electrons. The lowest BCUT2D eigenvalue weighted by Gasteiger charge is -2.77. The molecule has 4 aliphatic heterocycles. The van der Waals surface area contributed by atoms with Crippen LogP contribution in [0.2, 0.25) is 0 Å². The van der Waals surface area contributed by atoms with Crippen LogP contribution in [0, 0.1) is 34.0 Å². The second-order valence-corrected chi connectivity index (χ2v) is 13.1. The number of rotatable bonds is 2. The summed E-state index contributed by atoms with van der Waals surface area (Å²) >= 11 is 0. The monoisotopic (exact) mass is 486 g/mol. The minimum atomic E-state index is -1.46. The largest absolute Gasteiger partial charge is 0.469 e. The van der Waals surface area contributed by atoms with E-state index in [0.29, 0.717) is 18.8 Å². The van der Waals surface area contributed by atoms with Crippen molar-refractivity contribution >= 4 is 5.78 Å². The van der Waals surface area contributed by atoms with Gasteiger partial charge < -0.3 is 28.8 Å². The van der Waals surface area contributed by atoms with Crippen molar-refractivity contribution in [3.8, 4) is 0 Å². The molecule has 6 fully saturated rings. The van der Waals surface area contributed by atoms with E-state index in [1.165, 1.54) is 5.57 Å². The summed E-state index contributed by atoms with van der Waals surface area (Å²) in [6.07, 6.45) is 2.44. The number of fused-ring (bicyclic) bond motifs is 1. The molecule has 3 saturated carbocycles. The van der Waals surface area contributed by atoms with Crippen LogP contribution in [-0.2, 0) is 28.5 Å². The fourth-order valence-corrected chi connectivity index (χ4v) is 9.95. The molecular weight excluding hydrogens is 448 g/mol. The van der Waals surface area contributed by atoms with Crippen LogP contribution in [0.1, 0.15) is 66.7 Å². The number of hydrogen-bond acceptors (Lipinski definition) is 7. The molecular formula is C28H38O7. The third-order valence-electron chi connectivity index (χ3n) is 10.6. The van der Waals surface area contributed by atoms with Crippen LogP contribution in [0.3, 0.4) is 0 Å². The van der Waals surface area contributed by atoms with Crippen molar-refractivity contribution in [3.05, 3.63) is 23.5 Å². The molecule has 0 aromatic heterocycles. The summed E-state index contributed by atoms with van der Waals surface area (Å²) in [7, 11) is 0. The van der Waals surface area contributed by atoms with Gasteiger partial charge in [-0.15, -0.1) is 0 Å². The van der Waals surface area contributed by atoms with E-state index in [2.05, 4.69) is 20.4 Å². The number of aliphatic hydroxyl groups excluding tert-OH is 1. The number of hydrogen-bond donors (Lipinski definition) is 1. The normalized spacial score (nSPS) is 52.5. The molecule has 7 nitrogen and oxygen atoms in total. The second kappa shape index (κ2) is 6.60. The van der Waals surface area contributed by atoms with Gasteiger partial charge in [0.1, 0.15) is 17.3 Å². The van der Waals surface area contributed by atoms with Gasteiger partial charge in [-0.05, 0) is 68.9 Å². The second-order valence-electron chi connectivity index (χ2n) is 13.1. The SMILES string of the molecule is C=C1C(=O)[C@@]23C4OC(C)(C)OC25OC[C@]2(C6=C(CC[C@@H](OCC)O6)CC(C)(C)[C@H]2[C@@H]5O)[C@@H]3CC[C@@H]14. The highest BCUT2D eigenvalue weighted by molar-refractivity contribution is 6.05. The lowest BCUT2D eigenvalue weighted by Crippen LogP contribution is -2.87. The van der Waals surface area contributed by atoms with Gasteiger partial charge in [0.2, 0.25) is 5.79 Å². The molecule has 3 spiro atoms. The maximum atomic E-state index is 14.3. The molecule has 7 heteroatoms. The Bertz CT molecular complexity index is 1060. The Morgan fingerprint density at radius 1 is 1.17 bits per heavy atom. The molecule has 0 aromatic rings. The zero-order chi connectivity index (χ0) is 24.8. The number of ketones is 1. The van der Waals surface area contributed by atoms with Crippen LogP contribution in [0.25, 0.3) is 0 Å². The molecule has 2 unspecified atom stereocenters. The lowest BCUT2D eigenvalue weighted by atomic mass is 9.36. The molecule has 1 N–H and O–H groups in total. The average molecular weight is 487 g/mol. The summed E-state index contributed by atoms with van der Waals surface area (Å²) in [6.45, 7) is 15.4. The van der Waals surface area contributed by atoms with E-state index < -0.39 is 34.6 Å². The van der Waals surface area contributed by atoms with Crippen LogP contribution >= 0.6 is 0 Å². The molecule has 8 rings (SSSR count). The topological polar surface area (TPSA) is 83.5 Å². The Morgan fingerprint density at radius 3 is 2.69 bits per heavy atom. The average Bonchev–Trinajstić information content (AvgIpc) is 2.90. The number of carbonyl (C=O) groups excluding carboxylic acids is 1. The van der Waals surface area contributed by atoms with Crippen LogP contribution < -0.4 is 0 Å². The van der Waals surface area contributed by atoms with E-state index in [9.17, 15) is 9.90 Å². The first-order chi connectivity index (χ1) is 16.5. The van der Waals surface area contributed by atoms with E-state index in [-0.39, 0.29) is 35.2 Å². The van der Waals surface area contributed by atoms with Gasteiger partial charge in [-0.25, -0.2) is 0 Å². The van der Waals surface area contributed by atoms with Crippen molar-refractivity contribution in [2.75, 3.05) is 13.2 Å². The maximum Gasteiger partial charge on any atom is 0.213 e. The van der Waals surface area contributed by atoms with E-state index in [1.54, 1.807) is 0 Å². The molecule has 9 atom stereocenters. The van der Waals surface area contributed by atoms with E-state index in [1.807, 2.05) is 20.8 Å². The molecule has 4 aliphatic carbocycles. The number of aliphatic hydroxyl groups is 1. The molecule has 3 saturated heterocycles. The van der Waals surface area contributed by atoms with Crippen LogP contribution in [0.15, 0.2) is 23.5 Å². The molecule has 35 heavy (non-hydrogen) atoms. The lowest BCUT2D eigenvalue weighted by molar-refractivity contribution is -0.527. The number of Topliss-reactive ketones (excluding diaryl/α,β-unsaturated/α-hetero) is 1. The minimum Gasteiger partial charge on any atom is -0.469 e. The van der Waals surface area contributed by atoms with Crippen molar-refractivity contribution < 1.29 is 33.6 Å². The van der Waals surface area contributed by atoms with Crippen molar-refractivity contribution in [1.29, 1.82) is 0 Å². The Morgan fingerprint density at radius 2 is 1.94 bits per heavy atom. The molecule has 4 bridgehead atoms. The Balaban J connectivity index is 1.51. The van der Waals surface area contributed by atoms with Gasteiger partial charge in [0.15, 0.2) is 17.9 Å². The van der Waals surface area contributed by atoms with Crippen molar-refractivity contribution in [2.24, 2.45) is 34.0 Å². The van der Waals surface area contributed by atoms with E-state index >= 15 is 0 Å². The summed E-state index contributed by atoms with van der Waals surface area (Å²) < 4.78 is 32.6. The van der Waals surface area contributed by atoms with Gasteiger partial charge in [-0.1, -0.05) is 20.4 Å². The number of ether oxygens (including phenoxy) is 5. The van der Waals surface area contributed by atoms with Crippen molar-refractivity contribution in [1.82, 2.24) is 0 Å². The number of allylic oxidation sites excluding steroid dienone is 1. The molecule has 0 radical (unpaired) electrons. The van der Waals surface area contributed by atoms with E-state index in [4.69, 9.17) is 23.7 Å². The summed E-state index contributed by atoms with van der Waals surface area (Å²) in [5.74, 6) is -2.01. The highest BCUT2D eigenvalue weighted by Crippen LogP contribution is 2.80. The zero-order valence-electron chi connectivity index (χ0n) is 21.5. The Hall–Kier alpha value is -1.25. The molecule has 0 aromatic carbocycles. The summed E-state index contributed by atoms with van der Waals surface area (Å²) in [5, 5.41) is 12.4. The van der Waals surface area contributed by atoms with Gasteiger partial charge >= 0.3 is 0 Å². The van der Waals surface area contributed by atoms with Gasteiger partial charge in [0, 0.05) is 24.9 Å². The predicted octanol–water partition coefficient (Wildman–Crippen LogP) is 3.85.